The van der Waals surface area contributed by atoms with E-state index in [1.807, 2.05) is 18.2 Å². The first-order valence-electron chi connectivity index (χ1n) is 6.70. The molecule has 20 heavy (non-hydrogen) atoms. The summed E-state index contributed by atoms with van der Waals surface area (Å²) in [5, 5.41) is 0. The largest absolute Gasteiger partial charge is 0.497 e. The molecule has 0 heterocycles. The maximum Gasteiger partial charge on any atom is 0.124 e. The predicted octanol–water partition coefficient (Wildman–Crippen LogP) is 3.35. The van der Waals surface area contributed by atoms with Crippen LogP contribution in [0.1, 0.15) is 22.3 Å². The molecule has 0 bridgehead atoms. The Morgan fingerprint density at radius 3 is 2.35 bits per heavy atom. The van der Waals surface area contributed by atoms with Gasteiger partial charge in [-0.3, -0.25) is 0 Å². The van der Waals surface area contributed by atoms with Gasteiger partial charge in [-0.25, -0.2) is 0 Å². The molecule has 106 valence electrons. The molecule has 0 fully saturated rings. The fourth-order valence-electron chi connectivity index (χ4n) is 2.21. The van der Waals surface area contributed by atoms with Crippen LogP contribution < -0.4 is 15.2 Å². The smallest absolute Gasteiger partial charge is 0.124 e. The number of hydrogen-bond acceptors (Lipinski definition) is 3. The quantitative estimate of drug-likeness (QED) is 0.907. The van der Waals surface area contributed by atoms with Crippen LogP contribution in [0.4, 0.5) is 0 Å². The summed E-state index contributed by atoms with van der Waals surface area (Å²) in [6.07, 6.45) is 0. The number of ether oxygens (including phenoxy) is 2. The highest BCUT2D eigenvalue weighted by Crippen LogP contribution is 2.25. The first-order chi connectivity index (χ1) is 9.65. The highest BCUT2D eigenvalue weighted by atomic mass is 16.5. The average Bonchev–Trinajstić information content (AvgIpc) is 2.46. The minimum Gasteiger partial charge on any atom is -0.497 e. The van der Waals surface area contributed by atoms with Gasteiger partial charge in [-0.2, -0.15) is 0 Å². The van der Waals surface area contributed by atoms with Crippen molar-refractivity contribution in [2.45, 2.75) is 27.0 Å². The summed E-state index contributed by atoms with van der Waals surface area (Å²) in [6, 6.07) is 12.0. The van der Waals surface area contributed by atoms with Gasteiger partial charge in [0.1, 0.15) is 18.1 Å². The fourth-order valence-corrected chi connectivity index (χ4v) is 2.21. The van der Waals surface area contributed by atoms with Crippen LogP contribution >= 0.6 is 0 Å². The van der Waals surface area contributed by atoms with E-state index in [1.54, 1.807) is 7.11 Å². The maximum absolute atomic E-state index is 5.94. The molecule has 3 heteroatoms. The molecule has 0 aliphatic heterocycles. The van der Waals surface area contributed by atoms with E-state index in [2.05, 4.69) is 32.0 Å². The van der Waals surface area contributed by atoms with Gasteiger partial charge in [-0.15, -0.1) is 0 Å². The molecule has 0 aliphatic rings. The second kappa shape index (κ2) is 6.44. The summed E-state index contributed by atoms with van der Waals surface area (Å²) in [4.78, 5) is 0. The number of benzene rings is 2. The van der Waals surface area contributed by atoms with Crippen molar-refractivity contribution in [1.29, 1.82) is 0 Å². The van der Waals surface area contributed by atoms with Crippen LogP contribution in [-0.2, 0) is 13.2 Å². The highest BCUT2D eigenvalue weighted by molar-refractivity contribution is 5.41. The molecule has 0 amide bonds. The van der Waals surface area contributed by atoms with Gasteiger partial charge in [-0.05, 0) is 48.7 Å². The number of rotatable bonds is 5. The van der Waals surface area contributed by atoms with Gasteiger partial charge < -0.3 is 15.2 Å². The summed E-state index contributed by atoms with van der Waals surface area (Å²) >= 11 is 0. The Bertz CT molecular complexity index is 573. The maximum atomic E-state index is 5.94. The van der Waals surface area contributed by atoms with E-state index in [1.165, 1.54) is 16.7 Å². The molecular weight excluding hydrogens is 250 g/mol. The van der Waals surface area contributed by atoms with Gasteiger partial charge in [-0.1, -0.05) is 18.2 Å². The van der Waals surface area contributed by atoms with Crippen LogP contribution in [0, 0.1) is 13.8 Å². The molecule has 0 radical (unpaired) electrons. The lowest BCUT2D eigenvalue weighted by Gasteiger charge is -2.14. The van der Waals surface area contributed by atoms with Crippen LogP contribution in [0.2, 0.25) is 0 Å². The summed E-state index contributed by atoms with van der Waals surface area (Å²) < 4.78 is 11.1. The van der Waals surface area contributed by atoms with Gasteiger partial charge in [0.15, 0.2) is 0 Å². The lowest BCUT2D eigenvalue weighted by Crippen LogP contribution is -2.05. The lowest BCUT2D eigenvalue weighted by atomic mass is 10.0. The van der Waals surface area contributed by atoms with E-state index >= 15 is 0 Å². The van der Waals surface area contributed by atoms with Gasteiger partial charge in [0, 0.05) is 12.1 Å². The van der Waals surface area contributed by atoms with Gasteiger partial charge in [0.05, 0.1) is 7.11 Å². The Morgan fingerprint density at radius 1 is 1.05 bits per heavy atom. The van der Waals surface area contributed by atoms with E-state index in [4.69, 9.17) is 15.2 Å². The van der Waals surface area contributed by atoms with E-state index < -0.39 is 0 Å². The van der Waals surface area contributed by atoms with Crippen molar-refractivity contribution in [3.8, 4) is 11.5 Å². The molecule has 0 spiro atoms. The van der Waals surface area contributed by atoms with E-state index in [0.29, 0.717) is 13.2 Å². The molecule has 0 aliphatic carbocycles. The molecule has 2 aromatic carbocycles. The minimum absolute atomic E-state index is 0.430. The monoisotopic (exact) mass is 271 g/mol. The zero-order valence-electron chi connectivity index (χ0n) is 12.3. The lowest BCUT2D eigenvalue weighted by molar-refractivity contribution is 0.300. The molecule has 0 unspecified atom stereocenters. The Morgan fingerprint density at radius 2 is 1.75 bits per heavy atom. The molecule has 2 aromatic rings. The van der Waals surface area contributed by atoms with Crippen molar-refractivity contribution in [2.75, 3.05) is 7.11 Å². The van der Waals surface area contributed by atoms with Crippen molar-refractivity contribution in [2.24, 2.45) is 5.73 Å². The first kappa shape index (κ1) is 14.4. The van der Waals surface area contributed by atoms with Gasteiger partial charge in [0.25, 0.3) is 0 Å². The van der Waals surface area contributed by atoms with Crippen molar-refractivity contribution in [1.82, 2.24) is 0 Å². The van der Waals surface area contributed by atoms with Gasteiger partial charge >= 0.3 is 0 Å². The molecule has 0 atom stereocenters. The predicted molar refractivity (Wildman–Crippen MR) is 81.1 cm³/mol. The summed E-state index contributed by atoms with van der Waals surface area (Å²) in [5.41, 5.74) is 10.4. The normalized spacial score (nSPS) is 10.4. The van der Waals surface area contributed by atoms with E-state index in [-0.39, 0.29) is 0 Å². The second-order valence-corrected chi connectivity index (χ2v) is 4.84. The van der Waals surface area contributed by atoms with Crippen molar-refractivity contribution >= 4 is 0 Å². The minimum atomic E-state index is 0.430. The number of methoxy groups -OCH3 is 1. The van der Waals surface area contributed by atoms with Crippen LogP contribution in [0.25, 0.3) is 0 Å². The molecule has 2 N–H and O–H groups in total. The molecular formula is C17H21NO2. The summed E-state index contributed by atoms with van der Waals surface area (Å²) in [5.74, 6) is 1.61. The topological polar surface area (TPSA) is 44.5 Å². The Hall–Kier alpha value is -2.00. The Balaban J connectivity index is 2.19. The zero-order valence-corrected chi connectivity index (χ0v) is 12.3. The third-order valence-electron chi connectivity index (χ3n) is 3.50. The van der Waals surface area contributed by atoms with Crippen LogP contribution in [0.5, 0.6) is 11.5 Å². The molecule has 0 saturated heterocycles. The standard InChI is InChI=1S/C17H21NO2/c1-12-5-4-6-13(2)16(12)11-20-17-8-7-15(19-3)9-14(17)10-18/h4-9H,10-11,18H2,1-3H3. The number of hydrogen-bond donors (Lipinski definition) is 1. The Kier molecular flexibility index (Phi) is 4.64. The van der Waals surface area contributed by atoms with Crippen molar-refractivity contribution in [3.63, 3.8) is 0 Å². The third kappa shape index (κ3) is 3.11. The van der Waals surface area contributed by atoms with Crippen LogP contribution in [-0.4, -0.2) is 7.11 Å². The fraction of sp³-hybridized carbons (Fsp3) is 0.294. The zero-order chi connectivity index (χ0) is 14.5. The van der Waals surface area contributed by atoms with Crippen molar-refractivity contribution < 1.29 is 9.47 Å². The van der Waals surface area contributed by atoms with Crippen LogP contribution in [0.3, 0.4) is 0 Å². The van der Waals surface area contributed by atoms with Gasteiger partial charge in [0.2, 0.25) is 0 Å². The third-order valence-corrected chi connectivity index (χ3v) is 3.50. The average molecular weight is 271 g/mol. The summed E-state index contributed by atoms with van der Waals surface area (Å²) in [7, 11) is 1.65. The Labute approximate surface area is 120 Å². The molecule has 2 rings (SSSR count). The number of nitrogens with two attached hydrogens (primary N) is 1. The van der Waals surface area contributed by atoms with Crippen LogP contribution in [0.15, 0.2) is 36.4 Å². The van der Waals surface area contributed by atoms with E-state index in [0.717, 1.165) is 17.1 Å². The first-order valence-corrected chi connectivity index (χ1v) is 6.70. The van der Waals surface area contributed by atoms with Crippen molar-refractivity contribution in [3.05, 3.63) is 58.7 Å². The number of aryl methyl sites for hydroxylation is 2. The molecule has 0 aromatic heterocycles. The second-order valence-electron chi connectivity index (χ2n) is 4.84. The summed E-state index contributed by atoms with van der Waals surface area (Å²) in [6.45, 7) is 5.18. The SMILES string of the molecule is COc1ccc(OCc2c(C)cccc2C)c(CN)c1. The molecule has 3 nitrogen and oxygen atoms in total. The molecule has 0 saturated carbocycles. The van der Waals surface area contributed by atoms with E-state index in [9.17, 15) is 0 Å². The highest BCUT2D eigenvalue weighted by Gasteiger charge is 2.07.